The van der Waals surface area contributed by atoms with E-state index in [1.165, 1.54) is 12.0 Å². The van der Waals surface area contributed by atoms with E-state index in [4.69, 9.17) is 9.47 Å². The molecule has 0 saturated carbocycles. The van der Waals surface area contributed by atoms with Crippen molar-refractivity contribution in [2.24, 2.45) is 5.92 Å². The van der Waals surface area contributed by atoms with Gasteiger partial charge in [0.2, 0.25) is 0 Å². The number of cyclic esters (lactones) is 1. The van der Waals surface area contributed by atoms with Crippen LogP contribution in [0.1, 0.15) is 25.8 Å². The Hall–Kier alpha value is -1.27. The first-order chi connectivity index (χ1) is 12.0. The summed E-state index contributed by atoms with van der Waals surface area (Å²) < 4.78 is 12.0. The van der Waals surface area contributed by atoms with Crippen LogP contribution in [-0.4, -0.2) is 61.3 Å². The van der Waals surface area contributed by atoms with Crippen LogP contribution in [-0.2, 0) is 11.2 Å². The normalized spacial score (nSPS) is 24.2. The summed E-state index contributed by atoms with van der Waals surface area (Å²) in [4.78, 5) is 16.1. The van der Waals surface area contributed by atoms with Crippen molar-refractivity contribution in [1.29, 1.82) is 0 Å². The van der Waals surface area contributed by atoms with Gasteiger partial charge in [0.05, 0.1) is 13.7 Å². The Balaban J connectivity index is 1.52. The van der Waals surface area contributed by atoms with Crippen molar-refractivity contribution in [3.05, 3.63) is 28.2 Å². The van der Waals surface area contributed by atoms with Crippen LogP contribution in [0.25, 0.3) is 0 Å². The number of halogens is 1. The molecule has 1 aromatic rings. The summed E-state index contributed by atoms with van der Waals surface area (Å²) in [6.45, 7) is 7.73. The van der Waals surface area contributed by atoms with E-state index in [2.05, 4.69) is 33.0 Å². The number of hydrogen-bond acceptors (Lipinski definition) is 4. The van der Waals surface area contributed by atoms with Gasteiger partial charge >= 0.3 is 6.09 Å². The van der Waals surface area contributed by atoms with Crippen LogP contribution >= 0.6 is 15.9 Å². The number of nitrogens with zero attached hydrogens (tertiary/aromatic N) is 2. The molecule has 2 aliphatic heterocycles. The van der Waals surface area contributed by atoms with Gasteiger partial charge < -0.3 is 14.4 Å². The van der Waals surface area contributed by atoms with Gasteiger partial charge in [0, 0.05) is 23.6 Å². The minimum Gasteiger partial charge on any atom is -0.497 e. The zero-order chi connectivity index (χ0) is 18.0. The molecule has 0 spiro atoms. The minimum atomic E-state index is -0.170. The summed E-state index contributed by atoms with van der Waals surface area (Å²) in [5.41, 5.74) is 1.30. The summed E-state index contributed by atoms with van der Waals surface area (Å²) in [5.74, 6) is 1.53. The quantitative estimate of drug-likeness (QED) is 0.718. The van der Waals surface area contributed by atoms with Gasteiger partial charge in [-0.05, 0) is 62.9 Å². The van der Waals surface area contributed by atoms with E-state index in [9.17, 15) is 4.79 Å². The molecule has 5 nitrogen and oxygen atoms in total. The molecule has 0 radical (unpaired) electrons. The first kappa shape index (κ1) is 18.5. The first-order valence-electron chi connectivity index (χ1n) is 8.98. The molecule has 6 heteroatoms. The van der Waals surface area contributed by atoms with Crippen molar-refractivity contribution < 1.29 is 14.3 Å². The number of ether oxygens (including phenoxy) is 2. The molecule has 0 aromatic heterocycles. The third-order valence-electron chi connectivity index (χ3n) is 5.12. The number of benzene rings is 1. The van der Waals surface area contributed by atoms with Crippen molar-refractivity contribution in [1.82, 2.24) is 9.80 Å². The molecule has 0 aliphatic carbocycles. The van der Waals surface area contributed by atoms with Crippen LogP contribution in [0.3, 0.4) is 0 Å². The molecule has 3 rings (SSSR count). The van der Waals surface area contributed by atoms with E-state index in [-0.39, 0.29) is 18.2 Å². The highest BCUT2D eigenvalue weighted by Gasteiger charge is 2.35. The average Bonchev–Trinajstić information content (AvgIpc) is 3.16. The van der Waals surface area contributed by atoms with Crippen molar-refractivity contribution in [3.8, 4) is 5.75 Å². The second-order valence-electron chi connectivity index (χ2n) is 7.33. The van der Waals surface area contributed by atoms with Gasteiger partial charge in [0.15, 0.2) is 0 Å². The van der Waals surface area contributed by atoms with Crippen LogP contribution in [0.4, 0.5) is 4.79 Å². The fourth-order valence-electron chi connectivity index (χ4n) is 3.74. The van der Waals surface area contributed by atoms with E-state index in [0.717, 1.165) is 36.3 Å². The Kier molecular flexibility index (Phi) is 5.89. The standard InChI is InChI=1S/C19H27BrN2O3/c1-13(2)22-12-17(25-19(22)23)11-21-7-6-14(10-21)8-15-9-16(24-3)4-5-18(15)20/h4-5,9,13-14,17H,6-8,10-12H2,1-3H3. The maximum atomic E-state index is 11.9. The second kappa shape index (κ2) is 7.96. The molecule has 25 heavy (non-hydrogen) atoms. The van der Waals surface area contributed by atoms with Gasteiger partial charge in [-0.1, -0.05) is 15.9 Å². The van der Waals surface area contributed by atoms with Crippen LogP contribution in [0.15, 0.2) is 22.7 Å². The first-order valence-corrected chi connectivity index (χ1v) is 9.77. The zero-order valence-electron chi connectivity index (χ0n) is 15.2. The number of rotatable bonds is 6. The third kappa shape index (κ3) is 4.47. The van der Waals surface area contributed by atoms with Gasteiger partial charge in [-0.3, -0.25) is 4.90 Å². The number of carbonyl (C=O) groups excluding carboxylic acids is 1. The van der Waals surface area contributed by atoms with Gasteiger partial charge in [0.1, 0.15) is 11.9 Å². The maximum absolute atomic E-state index is 11.9. The van der Waals surface area contributed by atoms with Gasteiger partial charge in [0.25, 0.3) is 0 Å². The number of carbonyl (C=O) groups is 1. The second-order valence-corrected chi connectivity index (χ2v) is 8.18. The summed E-state index contributed by atoms with van der Waals surface area (Å²) in [7, 11) is 1.70. The molecule has 2 fully saturated rings. The molecule has 2 aliphatic rings. The molecule has 0 N–H and O–H groups in total. The van der Waals surface area contributed by atoms with Gasteiger partial charge in [-0.25, -0.2) is 4.79 Å². The number of amides is 1. The summed E-state index contributed by atoms with van der Waals surface area (Å²) in [5, 5.41) is 0. The number of hydrogen-bond donors (Lipinski definition) is 0. The van der Waals surface area contributed by atoms with Crippen molar-refractivity contribution in [2.45, 2.75) is 38.8 Å². The predicted molar refractivity (Wildman–Crippen MR) is 101 cm³/mol. The smallest absolute Gasteiger partial charge is 0.410 e. The van der Waals surface area contributed by atoms with Crippen LogP contribution in [0, 0.1) is 5.92 Å². The lowest BCUT2D eigenvalue weighted by Gasteiger charge is -2.20. The largest absolute Gasteiger partial charge is 0.497 e. The van der Waals surface area contributed by atoms with E-state index in [1.807, 2.05) is 24.8 Å². The molecule has 0 bridgehead atoms. The Morgan fingerprint density at radius 2 is 2.16 bits per heavy atom. The predicted octanol–water partition coefficient (Wildman–Crippen LogP) is 3.55. The molecule has 2 unspecified atom stereocenters. The van der Waals surface area contributed by atoms with Gasteiger partial charge in [-0.15, -0.1) is 0 Å². The van der Waals surface area contributed by atoms with E-state index in [0.29, 0.717) is 12.5 Å². The molecule has 138 valence electrons. The molecule has 1 aromatic carbocycles. The SMILES string of the molecule is COc1ccc(Br)c(CC2CCN(CC3CN(C(C)C)C(=O)O3)C2)c1. The molecular weight excluding hydrogens is 384 g/mol. The Labute approximate surface area is 158 Å². The van der Waals surface area contributed by atoms with Crippen LogP contribution < -0.4 is 4.74 Å². The Bertz CT molecular complexity index is 623. The van der Waals surface area contributed by atoms with E-state index >= 15 is 0 Å². The van der Waals surface area contributed by atoms with Crippen LogP contribution in [0.5, 0.6) is 5.75 Å². The van der Waals surface area contributed by atoms with E-state index in [1.54, 1.807) is 7.11 Å². The molecule has 2 saturated heterocycles. The lowest BCUT2D eigenvalue weighted by atomic mass is 9.98. The average molecular weight is 411 g/mol. The Morgan fingerprint density at radius 3 is 2.84 bits per heavy atom. The Morgan fingerprint density at radius 1 is 1.36 bits per heavy atom. The third-order valence-corrected chi connectivity index (χ3v) is 5.89. The van der Waals surface area contributed by atoms with Crippen LogP contribution in [0.2, 0.25) is 0 Å². The summed E-state index contributed by atoms with van der Waals surface area (Å²) >= 11 is 3.65. The lowest BCUT2D eigenvalue weighted by Crippen LogP contribution is -2.35. The highest BCUT2D eigenvalue weighted by atomic mass is 79.9. The van der Waals surface area contributed by atoms with Crippen molar-refractivity contribution in [2.75, 3.05) is 33.3 Å². The van der Waals surface area contributed by atoms with Gasteiger partial charge in [-0.2, -0.15) is 0 Å². The fourth-order valence-corrected chi connectivity index (χ4v) is 4.15. The highest BCUT2D eigenvalue weighted by Crippen LogP contribution is 2.28. The van der Waals surface area contributed by atoms with E-state index < -0.39 is 0 Å². The van der Waals surface area contributed by atoms with Crippen molar-refractivity contribution in [3.63, 3.8) is 0 Å². The summed E-state index contributed by atoms with van der Waals surface area (Å²) in [6, 6.07) is 6.35. The molecule has 2 heterocycles. The molecular formula is C19H27BrN2O3. The highest BCUT2D eigenvalue weighted by molar-refractivity contribution is 9.10. The topological polar surface area (TPSA) is 42.0 Å². The summed E-state index contributed by atoms with van der Waals surface area (Å²) in [6.07, 6.45) is 2.04. The fraction of sp³-hybridized carbons (Fsp3) is 0.632. The van der Waals surface area contributed by atoms with Crippen molar-refractivity contribution >= 4 is 22.0 Å². The molecule has 1 amide bonds. The minimum absolute atomic E-state index is 0.00259. The number of likely N-dealkylation sites (tertiary alicyclic amines) is 1. The maximum Gasteiger partial charge on any atom is 0.410 e. The zero-order valence-corrected chi connectivity index (χ0v) is 16.8. The molecule has 2 atom stereocenters. The number of methoxy groups -OCH3 is 1. The lowest BCUT2D eigenvalue weighted by molar-refractivity contribution is 0.111. The monoisotopic (exact) mass is 410 g/mol.